The summed E-state index contributed by atoms with van der Waals surface area (Å²) in [5, 5.41) is 22.0. The fraction of sp³-hybridized carbons (Fsp3) is 0.906. The number of aliphatic hydroxyl groups excluding tert-OH is 1. The van der Waals surface area contributed by atoms with E-state index in [2.05, 4.69) is 31.3 Å². The lowest BCUT2D eigenvalue weighted by Crippen LogP contribution is -2.43. The van der Waals surface area contributed by atoms with Crippen molar-refractivity contribution < 1.29 is 47.8 Å². The smallest absolute Gasteiger partial charge is 0.472 e. The topological polar surface area (TPSA) is 169 Å². The summed E-state index contributed by atoms with van der Waals surface area (Å²) < 4.78 is 27.0. The quantitative estimate of drug-likeness (QED) is 0.0199. The molecular formula is C53H102NO10P. The molecule has 0 aliphatic rings. The molecule has 0 bridgehead atoms. The molecule has 0 aliphatic carbocycles. The lowest BCUT2D eigenvalue weighted by atomic mass is 10.0. The van der Waals surface area contributed by atoms with Crippen molar-refractivity contribution in [1.29, 1.82) is 0 Å². The van der Waals surface area contributed by atoms with Crippen LogP contribution in [0.5, 0.6) is 0 Å². The molecule has 0 aromatic rings. The summed E-state index contributed by atoms with van der Waals surface area (Å²) in [5.41, 5.74) is 0. The van der Waals surface area contributed by atoms with E-state index in [4.69, 9.17) is 13.8 Å². The van der Waals surface area contributed by atoms with E-state index in [1.165, 1.54) is 193 Å². The molecule has 0 fully saturated rings. The zero-order valence-electron chi connectivity index (χ0n) is 42.1. The molecular weight excluding hydrogens is 842 g/mol. The van der Waals surface area contributed by atoms with E-state index in [0.29, 0.717) is 12.8 Å². The number of amides is 1. The number of rotatable bonds is 52. The van der Waals surface area contributed by atoms with E-state index >= 15 is 0 Å². The van der Waals surface area contributed by atoms with Gasteiger partial charge in [-0.2, -0.15) is 0 Å². The van der Waals surface area contributed by atoms with Crippen molar-refractivity contribution >= 4 is 25.7 Å². The molecule has 0 aromatic heterocycles. The molecule has 3 unspecified atom stereocenters. The highest BCUT2D eigenvalue weighted by Gasteiger charge is 2.28. The highest BCUT2D eigenvalue weighted by Crippen LogP contribution is 2.43. The average molecular weight is 944 g/mol. The van der Waals surface area contributed by atoms with Crippen LogP contribution in [0.3, 0.4) is 0 Å². The number of aliphatic hydroxyl groups is 1. The minimum absolute atomic E-state index is 0.152. The minimum atomic E-state index is -4.76. The molecule has 0 radical (unpaired) electrons. The molecule has 1 amide bonds. The van der Waals surface area contributed by atoms with Crippen LogP contribution < -0.4 is 5.32 Å². The van der Waals surface area contributed by atoms with Crippen molar-refractivity contribution in [2.24, 2.45) is 0 Å². The van der Waals surface area contributed by atoms with Crippen LogP contribution in [0.25, 0.3) is 0 Å². The molecule has 0 saturated carbocycles. The summed E-state index contributed by atoms with van der Waals surface area (Å²) in [6, 6.07) is -1.54. The Morgan fingerprint density at radius 2 is 0.800 bits per heavy atom. The van der Waals surface area contributed by atoms with Gasteiger partial charge in [0.25, 0.3) is 0 Å². The van der Waals surface area contributed by atoms with E-state index in [1.54, 1.807) is 0 Å². The van der Waals surface area contributed by atoms with Gasteiger partial charge in [0.05, 0.1) is 13.2 Å². The van der Waals surface area contributed by atoms with Crippen molar-refractivity contribution in [3.05, 3.63) is 12.2 Å². The van der Waals surface area contributed by atoms with Crippen LogP contribution >= 0.6 is 7.82 Å². The van der Waals surface area contributed by atoms with Crippen LogP contribution in [-0.2, 0) is 32.7 Å². The molecule has 0 saturated heterocycles. The number of phosphoric ester groups is 1. The van der Waals surface area contributed by atoms with E-state index in [1.807, 2.05) is 0 Å². The monoisotopic (exact) mass is 944 g/mol. The number of carboxylic acid groups (broad SMARTS) is 1. The van der Waals surface area contributed by atoms with Crippen molar-refractivity contribution in [2.45, 2.75) is 289 Å². The first-order valence-electron chi connectivity index (χ1n) is 27.2. The van der Waals surface area contributed by atoms with Crippen molar-refractivity contribution in [1.82, 2.24) is 5.32 Å². The van der Waals surface area contributed by atoms with Crippen LogP contribution in [0.15, 0.2) is 12.2 Å². The SMILES string of the molecule is CCCCCCCC/C=C\CCCCCCCCCC(=O)OCC(O)COP(=O)(O)OCC(NC(=O)CCCCCCCCCCCCCCCCCCCCCCCCCC)C(=O)O. The van der Waals surface area contributed by atoms with Gasteiger partial charge in [0.2, 0.25) is 5.91 Å². The molecule has 4 N–H and O–H groups in total. The number of unbranched alkanes of at least 4 members (excludes halogenated alkanes) is 36. The average Bonchev–Trinajstić information content (AvgIpc) is 3.28. The van der Waals surface area contributed by atoms with E-state index in [0.717, 1.165) is 44.9 Å². The van der Waals surface area contributed by atoms with Gasteiger partial charge in [-0.1, -0.05) is 238 Å². The number of carboxylic acids is 1. The largest absolute Gasteiger partial charge is 0.480 e. The zero-order valence-corrected chi connectivity index (χ0v) is 43.0. The van der Waals surface area contributed by atoms with Crippen LogP contribution in [0.1, 0.15) is 277 Å². The molecule has 0 rings (SSSR count). The molecule has 12 heteroatoms. The highest BCUT2D eigenvalue weighted by atomic mass is 31.2. The van der Waals surface area contributed by atoms with Gasteiger partial charge in [-0.3, -0.25) is 18.6 Å². The number of carbonyl (C=O) groups excluding carboxylic acids is 2. The maximum atomic E-state index is 12.4. The summed E-state index contributed by atoms with van der Waals surface area (Å²) in [6.07, 6.45) is 52.4. The second kappa shape index (κ2) is 48.7. The lowest BCUT2D eigenvalue weighted by molar-refractivity contribution is -0.147. The zero-order chi connectivity index (χ0) is 47.7. The molecule has 0 heterocycles. The van der Waals surface area contributed by atoms with Crippen LogP contribution in [0, 0.1) is 0 Å². The summed E-state index contributed by atoms with van der Waals surface area (Å²) >= 11 is 0. The molecule has 11 nitrogen and oxygen atoms in total. The number of nitrogens with one attached hydrogen (secondary N) is 1. The highest BCUT2D eigenvalue weighted by molar-refractivity contribution is 7.47. The van der Waals surface area contributed by atoms with E-state index < -0.39 is 57.6 Å². The Morgan fingerprint density at radius 3 is 1.17 bits per heavy atom. The van der Waals surface area contributed by atoms with Gasteiger partial charge in [0.15, 0.2) is 6.04 Å². The predicted octanol–water partition coefficient (Wildman–Crippen LogP) is 15.2. The Bertz CT molecular complexity index is 1150. The molecule has 0 spiro atoms. The first kappa shape index (κ1) is 63.2. The number of carbonyl (C=O) groups is 3. The van der Waals surface area contributed by atoms with Gasteiger partial charge in [0.1, 0.15) is 12.7 Å². The molecule has 65 heavy (non-hydrogen) atoms. The van der Waals surface area contributed by atoms with Gasteiger partial charge in [-0.15, -0.1) is 0 Å². The van der Waals surface area contributed by atoms with Gasteiger partial charge in [0, 0.05) is 12.8 Å². The Balaban J connectivity index is 3.76. The normalized spacial score (nSPS) is 13.5. The Morgan fingerprint density at radius 1 is 0.477 bits per heavy atom. The van der Waals surface area contributed by atoms with Gasteiger partial charge in [-0.05, 0) is 38.5 Å². The number of hydrogen-bond donors (Lipinski definition) is 4. The van der Waals surface area contributed by atoms with Crippen molar-refractivity contribution in [3.63, 3.8) is 0 Å². The van der Waals surface area contributed by atoms with E-state index in [9.17, 15) is 34.1 Å². The third-order valence-corrected chi connectivity index (χ3v) is 13.3. The number of esters is 1. The molecule has 384 valence electrons. The number of ether oxygens (including phenoxy) is 1. The Kier molecular flexibility index (Phi) is 47.3. The second-order valence-electron chi connectivity index (χ2n) is 18.8. The first-order chi connectivity index (χ1) is 31.6. The van der Waals surface area contributed by atoms with Gasteiger partial charge >= 0.3 is 19.8 Å². The third-order valence-electron chi connectivity index (χ3n) is 12.3. The molecule has 0 aromatic carbocycles. The minimum Gasteiger partial charge on any atom is -0.480 e. The maximum absolute atomic E-state index is 12.4. The number of allylic oxidation sites excluding steroid dienone is 2. The van der Waals surface area contributed by atoms with Crippen molar-refractivity contribution in [3.8, 4) is 0 Å². The van der Waals surface area contributed by atoms with Crippen LogP contribution in [0.2, 0.25) is 0 Å². The fourth-order valence-corrected chi connectivity index (χ4v) is 8.85. The first-order valence-corrected chi connectivity index (χ1v) is 28.7. The van der Waals surface area contributed by atoms with Crippen molar-refractivity contribution in [2.75, 3.05) is 19.8 Å². The van der Waals surface area contributed by atoms with E-state index in [-0.39, 0.29) is 12.8 Å². The van der Waals surface area contributed by atoms with Crippen LogP contribution in [-0.4, -0.2) is 64.9 Å². The summed E-state index contributed by atoms with van der Waals surface area (Å²) in [6.45, 7) is 2.64. The number of phosphoric acid groups is 1. The molecule has 3 atom stereocenters. The van der Waals surface area contributed by atoms with Gasteiger partial charge < -0.3 is 25.2 Å². The summed E-state index contributed by atoms with van der Waals surface area (Å²) in [7, 11) is -4.76. The standard InChI is InChI=1S/C53H102NO10P/c1-3-5-7-9-11-13-15-17-19-21-22-23-24-25-26-27-29-30-32-34-36-38-40-42-44-51(56)54-50(53(58)59)48-64-65(60,61)63-47-49(55)46-62-52(57)45-43-41-39-37-35-33-31-28-20-18-16-14-12-10-8-6-4-2/h18,20,49-50,55H,3-17,19,21-48H2,1-2H3,(H,54,56)(H,58,59)(H,60,61)/b20-18-. The maximum Gasteiger partial charge on any atom is 0.472 e. The van der Waals surface area contributed by atoms with Gasteiger partial charge in [-0.25, -0.2) is 9.36 Å². The Labute approximate surface area is 398 Å². The summed E-state index contributed by atoms with van der Waals surface area (Å²) in [5.74, 6) is -2.35. The third kappa shape index (κ3) is 48.5. The number of aliphatic carboxylic acids is 1. The predicted molar refractivity (Wildman–Crippen MR) is 268 cm³/mol. The Hall–Kier alpha value is -1.78. The fourth-order valence-electron chi connectivity index (χ4n) is 8.08. The van der Waals surface area contributed by atoms with Crippen LogP contribution in [0.4, 0.5) is 0 Å². The summed E-state index contributed by atoms with van der Waals surface area (Å²) in [4.78, 5) is 46.2. The molecule has 0 aliphatic heterocycles. The lowest BCUT2D eigenvalue weighted by Gasteiger charge is -2.18. The second-order valence-corrected chi connectivity index (χ2v) is 20.2. The number of hydrogen-bond acceptors (Lipinski definition) is 8.